The topological polar surface area (TPSA) is 95.9 Å². The van der Waals surface area contributed by atoms with Gasteiger partial charge in [-0.1, -0.05) is 307 Å². The number of carbonyl (C=O) groups excluding carboxylic acids is 2. The molecule has 0 heterocycles. The summed E-state index contributed by atoms with van der Waals surface area (Å²) >= 11 is 0. The molecule has 0 saturated carbocycles. The minimum absolute atomic E-state index is 0.00562. The predicted octanol–water partition coefficient (Wildman–Crippen LogP) is 20.0. The molecule has 6 heteroatoms. The Morgan fingerprint density at radius 1 is 0.394 bits per heavy atom. The van der Waals surface area contributed by atoms with E-state index in [2.05, 4.69) is 43.5 Å². The fraction of sp³-hybridized carbons (Fsp3) is 0.877. The number of amides is 1. The maximum atomic E-state index is 12.4. The third kappa shape index (κ3) is 57.2. The molecule has 0 aliphatic heterocycles. The molecule has 71 heavy (non-hydrogen) atoms. The van der Waals surface area contributed by atoms with Gasteiger partial charge in [-0.3, -0.25) is 9.59 Å². The van der Waals surface area contributed by atoms with Gasteiger partial charge in [0.05, 0.1) is 25.4 Å². The second kappa shape index (κ2) is 60.6. The van der Waals surface area contributed by atoms with Crippen LogP contribution in [0.4, 0.5) is 0 Å². The van der Waals surface area contributed by atoms with Gasteiger partial charge >= 0.3 is 5.97 Å². The lowest BCUT2D eigenvalue weighted by atomic mass is 10.0. The summed E-state index contributed by atoms with van der Waals surface area (Å²) in [5.41, 5.74) is 0. The van der Waals surface area contributed by atoms with Crippen molar-refractivity contribution in [1.29, 1.82) is 0 Å². The molecular formula is C65H123NO5. The molecular weight excluding hydrogens is 875 g/mol. The van der Waals surface area contributed by atoms with Crippen molar-refractivity contribution in [2.24, 2.45) is 0 Å². The Bertz CT molecular complexity index is 1150. The molecule has 3 N–H and O–H groups in total. The van der Waals surface area contributed by atoms with E-state index in [0.717, 1.165) is 44.9 Å². The summed E-state index contributed by atoms with van der Waals surface area (Å²) in [5, 5.41) is 23.1. The van der Waals surface area contributed by atoms with Gasteiger partial charge in [0, 0.05) is 12.8 Å². The van der Waals surface area contributed by atoms with Gasteiger partial charge in [0.15, 0.2) is 0 Å². The van der Waals surface area contributed by atoms with Crippen LogP contribution in [0.2, 0.25) is 0 Å². The summed E-state index contributed by atoms with van der Waals surface area (Å²) in [6, 6.07) is -0.625. The zero-order chi connectivity index (χ0) is 51.4. The van der Waals surface area contributed by atoms with E-state index in [0.29, 0.717) is 19.4 Å². The SMILES string of the molecule is CCCCC/C=C/C=C/CCCCCCCCC(=O)OCCCCCCCCCCCCCCCCCCCCCCCCCCCCCC(=O)NC(CO)C(O)/C=C/CCCCCCCCCCCC. The number of nitrogens with one attached hydrogen (secondary N) is 1. The number of esters is 1. The first-order valence-electron chi connectivity index (χ1n) is 31.8. The number of hydrogen-bond donors (Lipinski definition) is 3. The Morgan fingerprint density at radius 3 is 1.07 bits per heavy atom. The van der Waals surface area contributed by atoms with Crippen LogP contribution in [0.25, 0.3) is 0 Å². The molecule has 0 aromatic carbocycles. The molecule has 0 saturated heterocycles. The number of carbonyl (C=O) groups is 2. The van der Waals surface area contributed by atoms with E-state index in [-0.39, 0.29) is 18.5 Å². The predicted molar refractivity (Wildman–Crippen MR) is 310 cm³/mol. The number of rotatable bonds is 59. The van der Waals surface area contributed by atoms with Crippen molar-refractivity contribution < 1.29 is 24.5 Å². The lowest BCUT2D eigenvalue weighted by molar-refractivity contribution is -0.143. The Balaban J connectivity index is 3.35. The standard InChI is InChI=1S/C65H123NO5/c1-3-5-7-9-11-13-15-17-31-35-39-43-47-51-55-59-65(70)71-60-56-52-48-44-40-36-33-30-28-26-24-22-20-18-19-21-23-25-27-29-32-34-38-42-46-50-54-58-64(69)66-62(61-67)63(68)57-53-49-45-41-37-16-14-12-10-8-6-4-2/h11,13,15,17,53,57,62-63,67-68H,3-10,12,14,16,18-52,54-56,58-61H2,1-2H3,(H,66,69)/b13-11+,17-15+,57-53+. The summed E-state index contributed by atoms with van der Waals surface area (Å²) in [4.78, 5) is 24.5. The molecule has 0 radical (unpaired) electrons. The molecule has 0 rings (SSSR count). The molecule has 418 valence electrons. The summed E-state index contributed by atoms with van der Waals surface area (Å²) in [5.74, 6) is -0.0596. The minimum atomic E-state index is -0.841. The number of aliphatic hydroxyl groups is 2. The fourth-order valence-electron chi connectivity index (χ4n) is 9.80. The maximum Gasteiger partial charge on any atom is 0.305 e. The molecule has 1 amide bonds. The van der Waals surface area contributed by atoms with Crippen LogP contribution in [0.3, 0.4) is 0 Å². The van der Waals surface area contributed by atoms with Gasteiger partial charge in [0.2, 0.25) is 5.91 Å². The molecule has 0 spiro atoms. The van der Waals surface area contributed by atoms with Crippen LogP contribution in [-0.4, -0.2) is 47.4 Å². The van der Waals surface area contributed by atoms with Crippen molar-refractivity contribution in [3.8, 4) is 0 Å². The zero-order valence-corrected chi connectivity index (χ0v) is 47.7. The van der Waals surface area contributed by atoms with Gasteiger partial charge in [-0.15, -0.1) is 0 Å². The van der Waals surface area contributed by atoms with Gasteiger partial charge in [-0.2, -0.15) is 0 Å². The van der Waals surface area contributed by atoms with Crippen molar-refractivity contribution in [2.45, 2.75) is 353 Å². The zero-order valence-electron chi connectivity index (χ0n) is 47.7. The van der Waals surface area contributed by atoms with Crippen molar-refractivity contribution in [2.75, 3.05) is 13.2 Å². The summed E-state index contributed by atoms with van der Waals surface area (Å²) < 4.78 is 5.48. The Labute approximate surface area is 443 Å². The third-order valence-electron chi connectivity index (χ3n) is 14.7. The molecule has 2 atom stereocenters. The molecule has 6 nitrogen and oxygen atoms in total. The Hall–Kier alpha value is -1.92. The van der Waals surface area contributed by atoms with Crippen LogP contribution >= 0.6 is 0 Å². The normalized spacial score (nSPS) is 12.8. The highest BCUT2D eigenvalue weighted by Crippen LogP contribution is 2.18. The number of allylic oxidation sites excluding steroid dienone is 5. The first-order chi connectivity index (χ1) is 35.0. The fourth-order valence-corrected chi connectivity index (χ4v) is 9.80. The second-order valence-electron chi connectivity index (χ2n) is 21.8. The van der Waals surface area contributed by atoms with Gasteiger partial charge in [0.1, 0.15) is 0 Å². The van der Waals surface area contributed by atoms with Crippen LogP contribution in [0.15, 0.2) is 36.5 Å². The Morgan fingerprint density at radius 2 is 0.690 bits per heavy atom. The molecule has 0 aliphatic carbocycles. The minimum Gasteiger partial charge on any atom is -0.466 e. The number of unbranched alkanes of at least 4 members (excludes halogenated alkanes) is 45. The first-order valence-corrected chi connectivity index (χ1v) is 31.8. The molecule has 0 aromatic heterocycles. The first kappa shape index (κ1) is 69.1. The van der Waals surface area contributed by atoms with E-state index in [1.807, 2.05) is 6.08 Å². The highest BCUT2D eigenvalue weighted by molar-refractivity contribution is 5.76. The molecule has 0 aromatic rings. The molecule has 2 unspecified atom stereocenters. The molecule has 0 aliphatic rings. The largest absolute Gasteiger partial charge is 0.466 e. The average Bonchev–Trinajstić information content (AvgIpc) is 3.37. The van der Waals surface area contributed by atoms with E-state index >= 15 is 0 Å². The Kier molecular flexibility index (Phi) is 59.0. The third-order valence-corrected chi connectivity index (χ3v) is 14.7. The van der Waals surface area contributed by atoms with Crippen molar-refractivity contribution in [3.05, 3.63) is 36.5 Å². The van der Waals surface area contributed by atoms with Crippen LogP contribution < -0.4 is 5.32 Å². The number of ether oxygens (including phenoxy) is 1. The summed E-state index contributed by atoms with van der Waals surface area (Å²) in [6.45, 7) is 4.88. The average molecular weight is 999 g/mol. The van der Waals surface area contributed by atoms with E-state index < -0.39 is 12.1 Å². The number of aliphatic hydroxyl groups excluding tert-OH is 2. The highest BCUT2D eigenvalue weighted by atomic mass is 16.5. The monoisotopic (exact) mass is 998 g/mol. The molecule has 0 bridgehead atoms. The van der Waals surface area contributed by atoms with E-state index in [4.69, 9.17) is 4.74 Å². The smallest absolute Gasteiger partial charge is 0.305 e. The van der Waals surface area contributed by atoms with Crippen molar-refractivity contribution >= 4 is 11.9 Å². The summed E-state index contributed by atoms with van der Waals surface area (Å²) in [7, 11) is 0. The van der Waals surface area contributed by atoms with Crippen LogP contribution in [-0.2, 0) is 14.3 Å². The van der Waals surface area contributed by atoms with Crippen LogP contribution in [0.1, 0.15) is 341 Å². The lowest BCUT2D eigenvalue weighted by Crippen LogP contribution is -2.45. The highest BCUT2D eigenvalue weighted by Gasteiger charge is 2.18. The van der Waals surface area contributed by atoms with E-state index in [9.17, 15) is 19.8 Å². The second-order valence-corrected chi connectivity index (χ2v) is 21.8. The van der Waals surface area contributed by atoms with Crippen molar-refractivity contribution in [3.63, 3.8) is 0 Å². The maximum absolute atomic E-state index is 12.4. The van der Waals surface area contributed by atoms with Gasteiger partial charge < -0.3 is 20.3 Å². The summed E-state index contributed by atoms with van der Waals surface area (Å²) in [6.07, 6.45) is 76.3. The van der Waals surface area contributed by atoms with Gasteiger partial charge in [-0.05, 0) is 57.8 Å². The van der Waals surface area contributed by atoms with Crippen molar-refractivity contribution in [1.82, 2.24) is 5.32 Å². The van der Waals surface area contributed by atoms with Gasteiger partial charge in [0.25, 0.3) is 0 Å². The van der Waals surface area contributed by atoms with Gasteiger partial charge in [-0.25, -0.2) is 0 Å². The molecule has 0 fully saturated rings. The van der Waals surface area contributed by atoms with Crippen LogP contribution in [0, 0.1) is 0 Å². The van der Waals surface area contributed by atoms with Crippen LogP contribution in [0.5, 0.6) is 0 Å². The van der Waals surface area contributed by atoms with E-state index in [1.54, 1.807) is 6.08 Å². The lowest BCUT2D eigenvalue weighted by Gasteiger charge is -2.20. The van der Waals surface area contributed by atoms with E-state index in [1.165, 1.54) is 270 Å². The number of hydrogen-bond acceptors (Lipinski definition) is 5. The quantitative estimate of drug-likeness (QED) is 0.0244.